The minimum atomic E-state index is -0.373. The van der Waals surface area contributed by atoms with Crippen molar-refractivity contribution in [2.24, 2.45) is 0 Å². The summed E-state index contributed by atoms with van der Waals surface area (Å²) in [6.07, 6.45) is 3.38. The van der Waals surface area contributed by atoms with Gasteiger partial charge in [-0.2, -0.15) is 0 Å². The van der Waals surface area contributed by atoms with Crippen molar-refractivity contribution in [2.75, 3.05) is 13.7 Å². The highest BCUT2D eigenvalue weighted by molar-refractivity contribution is 5.69. The monoisotopic (exact) mass is 264 g/mol. The summed E-state index contributed by atoms with van der Waals surface area (Å²) < 4.78 is 10.3. The molecule has 0 fully saturated rings. The van der Waals surface area contributed by atoms with E-state index in [-0.39, 0.29) is 12.1 Å². The lowest BCUT2D eigenvalue weighted by Gasteiger charge is -2.23. The zero-order valence-electron chi connectivity index (χ0n) is 11.2. The maximum absolute atomic E-state index is 11.0. The minimum absolute atomic E-state index is 0.214. The second-order valence-corrected chi connectivity index (χ2v) is 4.76. The van der Waals surface area contributed by atoms with E-state index in [0.717, 1.165) is 36.1 Å². The summed E-state index contributed by atoms with van der Waals surface area (Å²) in [7, 11) is 1.39. The summed E-state index contributed by atoms with van der Waals surface area (Å²) in [6.45, 7) is 0.488. The molecule has 0 aliphatic heterocycles. The number of carbonyl (C=O) groups is 1. The molecular formula is C15H20O4. The SMILES string of the molecule is COC(=O)CCCOc1cccc2c1CCCC2O. The molecule has 104 valence electrons. The Morgan fingerprint density at radius 1 is 1.47 bits per heavy atom. The van der Waals surface area contributed by atoms with Crippen LogP contribution in [0.1, 0.15) is 42.9 Å². The molecule has 0 saturated carbocycles. The maximum atomic E-state index is 11.0. The largest absolute Gasteiger partial charge is 0.493 e. The Kier molecular flexibility index (Phi) is 4.80. The van der Waals surface area contributed by atoms with Crippen molar-refractivity contribution >= 4 is 5.97 Å². The molecule has 1 N–H and O–H groups in total. The molecule has 0 radical (unpaired) electrons. The highest BCUT2D eigenvalue weighted by Crippen LogP contribution is 2.35. The molecule has 19 heavy (non-hydrogen) atoms. The number of rotatable bonds is 5. The Bertz CT molecular complexity index is 442. The Labute approximate surface area is 113 Å². The van der Waals surface area contributed by atoms with Gasteiger partial charge in [0, 0.05) is 6.42 Å². The molecule has 0 heterocycles. The molecule has 1 unspecified atom stereocenters. The van der Waals surface area contributed by atoms with Crippen LogP contribution < -0.4 is 4.74 Å². The number of fused-ring (bicyclic) bond motifs is 1. The summed E-state index contributed by atoms with van der Waals surface area (Å²) in [5.41, 5.74) is 2.09. The lowest BCUT2D eigenvalue weighted by molar-refractivity contribution is -0.140. The summed E-state index contributed by atoms with van der Waals surface area (Å²) in [5, 5.41) is 9.95. The van der Waals surface area contributed by atoms with Gasteiger partial charge in [-0.1, -0.05) is 12.1 Å². The third kappa shape index (κ3) is 3.47. The summed E-state index contributed by atoms with van der Waals surface area (Å²) >= 11 is 0. The van der Waals surface area contributed by atoms with Crippen molar-refractivity contribution < 1.29 is 19.4 Å². The predicted octanol–water partition coefficient (Wildman–Crippen LogP) is 2.39. The molecule has 4 nitrogen and oxygen atoms in total. The van der Waals surface area contributed by atoms with Crippen LogP contribution in [0.4, 0.5) is 0 Å². The number of hydrogen-bond acceptors (Lipinski definition) is 4. The van der Waals surface area contributed by atoms with Crippen LogP contribution >= 0.6 is 0 Å². The average molecular weight is 264 g/mol. The normalized spacial score (nSPS) is 17.7. The molecule has 0 amide bonds. The van der Waals surface area contributed by atoms with Crippen molar-refractivity contribution in [3.8, 4) is 5.75 Å². The van der Waals surface area contributed by atoms with Gasteiger partial charge in [0.15, 0.2) is 0 Å². The van der Waals surface area contributed by atoms with Crippen molar-refractivity contribution in [1.29, 1.82) is 0 Å². The van der Waals surface area contributed by atoms with Crippen LogP contribution in [0.3, 0.4) is 0 Å². The third-order valence-corrected chi connectivity index (χ3v) is 3.44. The van der Waals surface area contributed by atoms with Crippen LogP contribution in [-0.4, -0.2) is 24.8 Å². The molecule has 1 atom stereocenters. The molecule has 1 aliphatic carbocycles. The van der Waals surface area contributed by atoms with Crippen molar-refractivity contribution in [3.05, 3.63) is 29.3 Å². The van der Waals surface area contributed by atoms with E-state index in [1.54, 1.807) is 0 Å². The average Bonchev–Trinajstić information content (AvgIpc) is 2.44. The first-order chi connectivity index (χ1) is 9.22. The van der Waals surface area contributed by atoms with Crippen LogP contribution in [0.5, 0.6) is 5.75 Å². The van der Waals surface area contributed by atoms with Gasteiger partial charge in [-0.15, -0.1) is 0 Å². The molecule has 1 aromatic rings. The molecule has 0 spiro atoms. The van der Waals surface area contributed by atoms with E-state index < -0.39 is 0 Å². The number of hydrogen-bond donors (Lipinski definition) is 1. The Balaban J connectivity index is 1.94. The number of benzene rings is 1. The van der Waals surface area contributed by atoms with Gasteiger partial charge in [-0.25, -0.2) is 0 Å². The molecule has 0 saturated heterocycles. The Morgan fingerprint density at radius 3 is 3.11 bits per heavy atom. The molecular weight excluding hydrogens is 244 g/mol. The fourth-order valence-corrected chi connectivity index (χ4v) is 2.43. The van der Waals surface area contributed by atoms with Gasteiger partial charge in [-0.3, -0.25) is 4.79 Å². The highest BCUT2D eigenvalue weighted by atomic mass is 16.5. The standard InChI is InChI=1S/C15H20O4/c1-18-15(17)9-4-10-19-14-8-3-5-11-12(14)6-2-7-13(11)16/h3,5,8,13,16H,2,4,6-7,9-10H2,1H3. The van der Waals surface area contributed by atoms with Crippen LogP contribution in [-0.2, 0) is 16.0 Å². The third-order valence-electron chi connectivity index (χ3n) is 3.44. The molecule has 0 aromatic heterocycles. The van der Waals surface area contributed by atoms with Gasteiger partial charge in [0.2, 0.25) is 0 Å². The van der Waals surface area contributed by atoms with Crippen molar-refractivity contribution in [2.45, 2.75) is 38.2 Å². The second kappa shape index (κ2) is 6.57. The fraction of sp³-hybridized carbons (Fsp3) is 0.533. The first-order valence-electron chi connectivity index (χ1n) is 6.72. The molecule has 4 heteroatoms. The summed E-state index contributed by atoms with van der Waals surface area (Å²) in [4.78, 5) is 11.0. The highest BCUT2D eigenvalue weighted by Gasteiger charge is 2.20. The van der Waals surface area contributed by atoms with E-state index >= 15 is 0 Å². The summed E-state index contributed by atoms with van der Waals surface area (Å²) in [5.74, 6) is 0.621. The van der Waals surface area contributed by atoms with E-state index in [1.807, 2.05) is 18.2 Å². The van der Waals surface area contributed by atoms with Crippen molar-refractivity contribution in [1.82, 2.24) is 0 Å². The van der Waals surface area contributed by atoms with Gasteiger partial charge in [-0.05, 0) is 42.9 Å². The number of carbonyl (C=O) groups excluding carboxylic acids is 1. The molecule has 2 rings (SSSR count). The van der Waals surface area contributed by atoms with Gasteiger partial charge in [0.25, 0.3) is 0 Å². The number of esters is 1. The molecule has 1 aromatic carbocycles. The second-order valence-electron chi connectivity index (χ2n) is 4.76. The number of ether oxygens (including phenoxy) is 2. The zero-order chi connectivity index (χ0) is 13.7. The van der Waals surface area contributed by atoms with Gasteiger partial charge >= 0.3 is 5.97 Å². The van der Waals surface area contributed by atoms with Crippen LogP contribution in [0.25, 0.3) is 0 Å². The minimum Gasteiger partial charge on any atom is -0.493 e. The fourth-order valence-electron chi connectivity index (χ4n) is 2.43. The van der Waals surface area contributed by atoms with Gasteiger partial charge in [0.1, 0.15) is 5.75 Å². The van der Waals surface area contributed by atoms with Gasteiger partial charge in [0.05, 0.1) is 19.8 Å². The Hall–Kier alpha value is -1.55. The van der Waals surface area contributed by atoms with E-state index in [4.69, 9.17) is 4.74 Å². The lowest BCUT2D eigenvalue weighted by Crippen LogP contribution is -2.12. The van der Waals surface area contributed by atoms with E-state index in [1.165, 1.54) is 7.11 Å². The van der Waals surface area contributed by atoms with Crippen LogP contribution in [0.15, 0.2) is 18.2 Å². The van der Waals surface area contributed by atoms with Gasteiger partial charge < -0.3 is 14.6 Å². The summed E-state index contributed by atoms with van der Waals surface area (Å²) in [6, 6.07) is 5.79. The van der Waals surface area contributed by atoms with Crippen LogP contribution in [0.2, 0.25) is 0 Å². The molecule has 1 aliphatic rings. The lowest BCUT2D eigenvalue weighted by atomic mass is 9.89. The number of methoxy groups -OCH3 is 1. The first-order valence-corrected chi connectivity index (χ1v) is 6.72. The van der Waals surface area contributed by atoms with Crippen molar-refractivity contribution in [3.63, 3.8) is 0 Å². The van der Waals surface area contributed by atoms with E-state index in [0.29, 0.717) is 19.4 Å². The van der Waals surface area contributed by atoms with Crippen LogP contribution in [0, 0.1) is 0 Å². The van der Waals surface area contributed by atoms with E-state index in [9.17, 15) is 9.90 Å². The maximum Gasteiger partial charge on any atom is 0.305 e. The van der Waals surface area contributed by atoms with E-state index in [2.05, 4.69) is 4.74 Å². The smallest absolute Gasteiger partial charge is 0.305 e. The number of aliphatic hydroxyl groups is 1. The predicted molar refractivity (Wildman–Crippen MR) is 71.1 cm³/mol. The number of aliphatic hydroxyl groups excluding tert-OH is 1. The Morgan fingerprint density at radius 2 is 2.32 bits per heavy atom. The topological polar surface area (TPSA) is 55.8 Å². The molecule has 0 bridgehead atoms. The zero-order valence-corrected chi connectivity index (χ0v) is 11.2. The first kappa shape index (κ1) is 13.9. The quantitative estimate of drug-likeness (QED) is 0.655.